The van der Waals surface area contributed by atoms with Crippen LogP contribution in [0, 0.1) is 0 Å². The van der Waals surface area contributed by atoms with Crippen LogP contribution in [0.4, 0.5) is 0 Å². The summed E-state index contributed by atoms with van der Waals surface area (Å²) in [5, 5.41) is 5.45. The van der Waals surface area contributed by atoms with Crippen LogP contribution in [-0.4, -0.2) is 42.4 Å². The van der Waals surface area contributed by atoms with Crippen molar-refractivity contribution < 1.29 is 9.59 Å². The van der Waals surface area contributed by atoms with Gasteiger partial charge in [0.05, 0.1) is 13.0 Å². The number of carbonyl (C=O) groups excluding carboxylic acids is 2. The van der Waals surface area contributed by atoms with Gasteiger partial charge in [-0.15, -0.1) is 0 Å². The van der Waals surface area contributed by atoms with Gasteiger partial charge in [-0.2, -0.15) is 0 Å². The molecular formula is C19H23N3O2. The monoisotopic (exact) mass is 325 g/mol. The van der Waals surface area contributed by atoms with Gasteiger partial charge in [-0.1, -0.05) is 42.5 Å². The lowest BCUT2D eigenvalue weighted by Gasteiger charge is -2.31. The van der Waals surface area contributed by atoms with Gasteiger partial charge in [-0.25, -0.2) is 0 Å². The quantitative estimate of drug-likeness (QED) is 0.873. The third kappa shape index (κ3) is 4.32. The number of likely N-dealkylation sites (tertiary alicyclic amines) is 1. The number of rotatable bonds is 5. The van der Waals surface area contributed by atoms with E-state index in [-0.39, 0.29) is 17.9 Å². The maximum Gasteiger partial charge on any atom is 0.231 e. The maximum absolute atomic E-state index is 12.3. The first kappa shape index (κ1) is 16.5. The molecule has 0 saturated carbocycles. The van der Waals surface area contributed by atoms with Crippen molar-refractivity contribution in [3.8, 4) is 0 Å². The van der Waals surface area contributed by atoms with Crippen molar-refractivity contribution in [1.82, 2.24) is 10.2 Å². The summed E-state index contributed by atoms with van der Waals surface area (Å²) in [6.07, 6.45) is 2.11. The van der Waals surface area contributed by atoms with Crippen molar-refractivity contribution in [3.63, 3.8) is 0 Å². The molecule has 1 fully saturated rings. The van der Waals surface area contributed by atoms with Crippen molar-refractivity contribution in [3.05, 3.63) is 48.0 Å². The summed E-state index contributed by atoms with van der Waals surface area (Å²) in [7, 11) is 0. The van der Waals surface area contributed by atoms with Crippen LogP contribution in [-0.2, 0) is 16.0 Å². The van der Waals surface area contributed by atoms with Gasteiger partial charge in [0.15, 0.2) is 0 Å². The molecule has 3 N–H and O–H groups in total. The van der Waals surface area contributed by atoms with E-state index >= 15 is 0 Å². The number of nitrogens with one attached hydrogen (secondary N) is 1. The van der Waals surface area contributed by atoms with E-state index in [2.05, 4.69) is 29.6 Å². The average Bonchev–Trinajstić information content (AvgIpc) is 2.56. The van der Waals surface area contributed by atoms with Crippen LogP contribution in [0.1, 0.15) is 18.4 Å². The Labute approximate surface area is 141 Å². The van der Waals surface area contributed by atoms with Crippen molar-refractivity contribution in [1.29, 1.82) is 0 Å². The maximum atomic E-state index is 12.3. The number of primary amides is 1. The molecule has 1 aliphatic heterocycles. The van der Waals surface area contributed by atoms with E-state index in [1.54, 1.807) is 0 Å². The zero-order valence-electron chi connectivity index (χ0n) is 13.7. The SMILES string of the molecule is NC(=O)CN1CCC(NC(=O)Cc2ccc3ccccc3c2)CC1. The van der Waals surface area contributed by atoms with Gasteiger partial charge in [-0.05, 0) is 29.2 Å². The molecule has 0 spiro atoms. The molecule has 5 heteroatoms. The van der Waals surface area contributed by atoms with Crippen molar-refractivity contribution in [2.24, 2.45) is 5.73 Å². The first-order valence-corrected chi connectivity index (χ1v) is 8.38. The Morgan fingerprint density at radius 1 is 1.08 bits per heavy atom. The number of nitrogens with zero attached hydrogens (tertiary/aromatic N) is 1. The van der Waals surface area contributed by atoms with Crippen LogP contribution in [0.5, 0.6) is 0 Å². The lowest BCUT2D eigenvalue weighted by Crippen LogP contribution is -2.47. The van der Waals surface area contributed by atoms with Crippen LogP contribution in [0.3, 0.4) is 0 Å². The highest BCUT2D eigenvalue weighted by molar-refractivity contribution is 5.85. The molecule has 1 heterocycles. The minimum atomic E-state index is -0.297. The predicted octanol–water partition coefficient (Wildman–Crippen LogP) is 1.45. The van der Waals surface area contributed by atoms with Gasteiger partial charge < -0.3 is 11.1 Å². The second-order valence-corrected chi connectivity index (χ2v) is 6.44. The van der Waals surface area contributed by atoms with E-state index in [1.165, 1.54) is 5.39 Å². The third-order valence-electron chi connectivity index (χ3n) is 4.51. The van der Waals surface area contributed by atoms with E-state index in [1.807, 2.05) is 23.1 Å². The molecular weight excluding hydrogens is 302 g/mol. The molecule has 0 aromatic heterocycles. The average molecular weight is 325 g/mol. The first-order chi connectivity index (χ1) is 11.6. The number of hydrogen-bond acceptors (Lipinski definition) is 3. The summed E-state index contributed by atoms with van der Waals surface area (Å²) >= 11 is 0. The summed E-state index contributed by atoms with van der Waals surface area (Å²) < 4.78 is 0. The van der Waals surface area contributed by atoms with Crippen molar-refractivity contribution in [2.45, 2.75) is 25.3 Å². The summed E-state index contributed by atoms with van der Waals surface area (Å²) in [6, 6.07) is 14.5. The Bertz CT molecular complexity index is 736. The summed E-state index contributed by atoms with van der Waals surface area (Å²) in [5.41, 5.74) is 6.24. The minimum Gasteiger partial charge on any atom is -0.369 e. The minimum absolute atomic E-state index is 0.0543. The molecule has 1 saturated heterocycles. The Hall–Kier alpha value is -2.40. The number of piperidine rings is 1. The Morgan fingerprint density at radius 2 is 1.79 bits per heavy atom. The number of benzene rings is 2. The van der Waals surface area contributed by atoms with Crippen LogP contribution >= 0.6 is 0 Å². The van der Waals surface area contributed by atoms with Gasteiger partial charge in [0.2, 0.25) is 11.8 Å². The molecule has 1 aliphatic rings. The number of hydrogen-bond donors (Lipinski definition) is 2. The summed E-state index contributed by atoms with van der Waals surface area (Å²) in [6.45, 7) is 1.89. The zero-order valence-corrected chi connectivity index (χ0v) is 13.7. The molecule has 3 rings (SSSR count). The Morgan fingerprint density at radius 3 is 2.50 bits per heavy atom. The zero-order chi connectivity index (χ0) is 16.9. The molecule has 2 aromatic rings. The molecule has 24 heavy (non-hydrogen) atoms. The number of nitrogens with two attached hydrogens (primary N) is 1. The largest absolute Gasteiger partial charge is 0.369 e. The van der Waals surface area contributed by atoms with E-state index in [9.17, 15) is 9.59 Å². The molecule has 0 atom stereocenters. The predicted molar refractivity (Wildman–Crippen MR) is 94.5 cm³/mol. The lowest BCUT2D eigenvalue weighted by atomic mass is 10.0. The molecule has 2 amide bonds. The fourth-order valence-electron chi connectivity index (χ4n) is 3.27. The smallest absolute Gasteiger partial charge is 0.231 e. The van der Waals surface area contributed by atoms with Crippen LogP contribution in [0.2, 0.25) is 0 Å². The molecule has 0 aliphatic carbocycles. The third-order valence-corrected chi connectivity index (χ3v) is 4.51. The molecule has 2 aromatic carbocycles. The van der Waals surface area contributed by atoms with Gasteiger partial charge in [0.1, 0.15) is 0 Å². The number of fused-ring (bicyclic) bond motifs is 1. The Balaban J connectivity index is 1.51. The van der Waals surface area contributed by atoms with Gasteiger partial charge in [0, 0.05) is 19.1 Å². The fraction of sp³-hybridized carbons (Fsp3) is 0.368. The van der Waals surface area contributed by atoms with Crippen molar-refractivity contribution >= 4 is 22.6 Å². The lowest BCUT2D eigenvalue weighted by molar-refractivity contribution is -0.122. The fourth-order valence-corrected chi connectivity index (χ4v) is 3.27. The summed E-state index contributed by atoms with van der Waals surface area (Å²) in [4.78, 5) is 25.2. The highest BCUT2D eigenvalue weighted by Crippen LogP contribution is 2.16. The van der Waals surface area contributed by atoms with E-state index < -0.39 is 0 Å². The molecule has 5 nitrogen and oxygen atoms in total. The molecule has 0 unspecified atom stereocenters. The highest BCUT2D eigenvalue weighted by atomic mass is 16.2. The Kier molecular flexibility index (Phi) is 5.11. The standard InChI is InChI=1S/C19H23N3O2/c20-18(23)13-22-9-7-17(8-10-22)21-19(24)12-14-5-6-15-3-1-2-4-16(15)11-14/h1-6,11,17H,7-10,12-13H2,(H2,20,23)(H,21,24). The highest BCUT2D eigenvalue weighted by Gasteiger charge is 2.21. The van der Waals surface area contributed by atoms with E-state index in [0.717, 1.165) is 36.9 Å². The van der Waals surface area contributed by atoms with Gasteiger partial charge >= 0.3 is 0 Å². The number of amides is 2. The second kappa shape index (κ2) is 7.45. The number of carbonyl (C=O) groups is 2. The van der Waals surface area contributed by atoms with Crippen LogP contribution < -0.4 is 11.1 Å². The molecule has 0 radical (unpaired) electrons. The molecule has 126 valence electrons. The topological polar surface area (TPSA) is 75.4 Å². The normalized spacial score (nSPS) is 16.2. The molecule has 0 bridgehead atoms. The first-order valence-electron chi connectivity index (χ1n) is 8.38. The summed E-state index contributed by atoms with van der Waals surface area (Å²) in [5.74, 6) is -0.243. The van der Waals surface area contributed by atoms with Crippen LogP contribution in [0.25, 0.3) is 10.8 Å². The van der Waals surface area contributed by atoms with E-state index in [0.29, 0.717) is 13.0 Å². The van der Waals surface area contributed by atoms with E-state index in [4.69, 9.17) is 5.73 Å². The van der Waals surface area contributed by atoms with Crippen LogP contribution in [0.15, 0.2) is 42.5 Å². The van der Waals surface area contributed by atoms with Gasteiger partial charge in [0.25, 0.3) is 0 Å². The van der Waals surface area contributed by atoms with Gasteiger partial charge in [-0.3, -0.25) is 14.5 Å². The second-order valence-electron chi connectivity index (χ2n) is 6.44. The van der Waals surface area contributed by atoms with Crippen molar-refractivity contribution in [2.75, 3.05) is 19.6 Å².